The summed E-state index contributed by atoms with van der Waals surface area (Å²) in [5, 5.41) is 0. The van der Waals surface area contributed by atoms with E-state index >= 15 is 0 Å². The Kier molecular flexibility index (Phi) is 4.22. The average Bonchev–Trinajstić information content (AvgIpc) is 2.37. The minimum Gasteiger partial charge on any atom is -0.495 e. The second kappa shape index (κ2) is 5.59. The second-order valence-corrected chi connectivity index (χ2v) is 6.90. The quantitative estimate of drug-likeness (QED) is 0.845. The number of rotatable bonds is 3. The molecule has 0 bridgehead atoms. The molecule has 0 radical (unpaired) electrons. The van der Waals surface area contributed by atoms with Crippen molar-refractivity contribution in [1.82, 2.24) is 4.31 Å². The lowest BCUT2D eigenvalue weighted by atomic mass is 10.3. The van der Waals surface area contributed by atoms with Crippen molar-refractivity contribution in [3.8, 4) is 5.75 Å². The van der Waals surface area contributed by atoms with Crippen LogP contribution in [0.4, 0.5) is 5.69 Å². The van der Waals surface area contributed by atoms with E-state index in [2.05, 4.69) is 0 Å². The molecule has 1 saturated heterocycles. The summed E-state index contributed by atoms with van der Waals surface area (Å²) in [6.07, 6.45) is -0.262. The van der Waals surface area contributed by atoms with Gasteiger partial charge in [-0.15, -0.1) is 0 Å². The van der Waals surface area contributed by atoms with Gasteiger partial charge in [-0.3, -0.25) is 0 Å². The summed E-state index contributed by atoms with van der Waals surface area (Å²) < 4.78 is 37.6. The second-order valence-electron chi connectivity index (χ2n) is 4.99. The molecule has 7 heteroatoms. The number of benzene rings is 1. The molecule has 2 N–H and O–H groups in total. The smallest absolute Gasteiger partial charge is 0.246 e. The number of nitrogens with zero attached hydrogens (tertiary/aromatic N) is 1. The molecule has 112 valence electrons. The largest absolute Gasteiger partial charge is 0.495 e. The molecule has 0 saturated carbocycles. The highest BCUT2D eigenvalue weighted by Gasteiger charge is 2.33. The number of nitrogens with two attached hydrogens (primary N) is 1. The van der Waals surface area contributed by atoms with Crippen molar-refractivity contribution >= 4 is 15.7 Å². The fourth-order valence-electron chi connectivity index (χ4n) is 2.36. The first-order valence-electron chi connectivity index (χ1n) is 6.43. The van der Waals surface area contributed by atoms with Crippen LogP contribution in [0, 0.1) is 0 Å². The molecule has 1 fully saturated rings. The summed E-state index contributed by atoms with van der Waals surface area (Å²) in [7, 11) is -2.19. The summed E-state index contributed by atoms with van der Waals surface area (Å²) >= 11 is 0. The molecular formula is C13H20N2O4S. The highest BCUT2D eigenvalue weighted by Crippen LogP contribution is 2.30. The van der Waals surface area contributed by atoms with Gasteiger partial charge in [-0.25, -0.2) is 8.42 Å². The van der Waals surface area contributed by atoms with Crippen molar-refractivity contribution in [1.29, 1.82) is 0 Å². The molecule has 20 heavy (non-hydrogen) atoms. The Balaban J connectivity index is 2.39. The Hall–Kier alpha value is -1.31. The van der Waals surface area contributed by atoms with Gasteiger partial charge in [0.2, 0.25) is 10.0 Å². The van der Waals surface area contributed by atoms with E-state index in [1.54, 1.807) is 6.07 Å². The predicted octanol–water partition coefficient (Wildman–Crippen LogP) is 1.08. The minimum absolute atomic E-state index is 0.131. The SMILES string of the molecule is COc1cc(N)ccc1S(=O)(=O)N1C[C@@H](C)O[C@@H](C)C1. The molecule has 0 amide bonds. The zero-order chi connectivity index (χ0) is 14.9. The molecule has 1 aliphatic heterocycles. The van der Waals surface area contributed by atoms with Gasteiger partial charge in [-0.2, -0.15) is 4.31 Å². The Morgan fingerprint density at radius 2 is 1.90 bits per heavy atom. The fourth-order valence-corrected chi connectivity index (χ4v) is 4.09. The van der Waals surface area contributed by atoms with Gasteiger partial charge < -0.3 is 15.2 Å². The molecule has 2 rings (SSSR count). The molecule has 0 aliphatic carbocycles. The van der Waals surface area contributed by atoms with Gasteiger partial charge in [0.1, 0.15) is 10.6 Å². The summed E-state index contributed by atoms with van der Waals surface area (Å²) in [6, 6.07) is 4.55. The number of methoxy groups -OCH3 is 1. The minimum atomic E-state index is -3.61. The summed E-state index contributed by atoms with van der Waals surface area (Å²) in [4.78, 5) is 0.135. The normalized spacial score (nSPS) is 24.6. The van der Waals surface area contributed by atoms with Crippen molar-refractivity contribution in [3.63, 3.8) is 0 Å². The first-order chi connectivity index (χ1) is 9.34. The maximum absolute atomic E-state index is 12.7. The van der Waals surface area contributed by atoms with Crippen LogP contribution >= 0.6 is 0 Å². The topological polar surface area (TPSA) is 81.9 Å². The van der Waals surface area contributed by atoms with Gasteiger partial charge in [0.05, 0.1) is 19.3 Å². The summed E-state index contributed by atoms with van der Waals surface area (Å²) in [6.45, 7) is 4.39. The van der Waals surface area contributed by atoms with Crippen molar-refractivity contribution in [2.24, 2.45) is 0 Å². The Bertz CT molecular complexity index is 578. The molecule has 0 unspecified atom stereocenters. The molecule has 1 aromatic rings. The van der Waals surface area contributed by atoms with Crippen LogP contribution in [0.5, 0.6) is 5.75 Å². The third-order valence-electron chi connectivity index (χ3n) is 3.19. The van der Waals surface area contributed by atoms with Crippen LogP contribution < -0.4 is 10.5 Å². The molecule has 2 atom stereocenters. The van der Waals surface area contributed by atoms with Crippen molar-refractivity contribution in [2.45, 2.75) is 31.0 Å². The van der Waals surface area contributed by atoms with Gasteiger partial charge in [0.15, 0.2) is 0 Å². The van der Waals surface area contributed by atoms with Gasteiger partial charge >= 0.3 is 0 Å². The zero-order valence-corrected chi connectivity index (χ0v) is 12.7. The maximum Gasteiger partial charge on any atom is 0.246 e. The first-order valence-corrected chi connectivity index (χ1v) is 7.87. The van der Waals surface area contributed by atoms with Crippen LogP contribution in [0.25, 0.3) is 0 Å². The highest BCUT2D eigenvalue weighted by molar-refractivity contribution is 7.89. The van der Waals surface area contributed by atoms with Crippen LogP contribution in [0.2, 0.25) is 0 Å². The lowest BCUT2D eigenvalue weighted by molar-refractivity contribution is -0.0441. The standard InChI is InChI=1S/C13H20N2O4S/c1-9-7-15(8-10(2)19-9)20(16,17)13-5-4-11(14)6-12(13)18-3/h4-6,9-10H,7-8,14H2,1-3H3/t9-,10+. The number of anilines is 1. The van der Waals surface area contributed by atoms with Gasteiger partial charge in [-0.1, -0.05) is 0 Å². The van der Waals surface area contributed by atoms with Crippen LogP contribution in [0.1, 0.15) is 13.8 Å². The molecule has 6 nitrogen and oxygen atoms in total. The monoisotopic (exact) mass is 300 g/mol. The fraction of sp³-hybridized carbons (Fsp3) is 0.538. The number of ether oxygens (including phenoxy) is 2. The molecule has 0 aromatic heterocycles. The van der Waals surface area contributed by atoms with Crippen LogP contribution in [-0.4, -0.2) is 45.1 Å². The molecule has 1 aliphatic rings. The molecule has 0 spiro atoms. The van der Waals surface area contributed by atoms with Gasteiger partial charge in [0.25, 0.3) is 0 Å². The Morgan fingerprint density at radius 3 is 2.45 bits per heavy atom. The zero-order valence-electron chi connectivity index (χ0n) is 11.9. The van der Waals surface area contributed by atoms with Gasteiger partial charge in [-0.05, 0) is 26.0 Å². The number of hydrogen-bond donors (Lipinski definition) is 1. The Labute approximate surface area is 119 Å². The van der Waals surface area contributed by atoms with E-state index in [0.29, 0.717) is 18.8 Å². The number of sulfonamides is 1. The first kappa shape index (κ1) is 15.1. The van der Waals surface area contributed by atoms with Crippen LogP contribution in [0.15, 0.2) is 23.1 Å². The predicted molar refractivity (Wildman–Crippen MR) is 76.2 cm³/mol. The maximum atomic E-state index is 12.7. The van der Waals surface area contributed by atoms with Crippen molar-refractivity contribution in [3.05, 3.63) is 18.2 Å². The Morgan fingerprint density at radius 1 is 1.30 bits per heavy atom. The molecule has 1 aromatic carbocycles. The van der Waals surface area contributed by atoms with Crippen LogP contribution in [0.3, 0.4) is 0 Å². The number of morpholine rings is 1. The lowest BCUT2D eigenvalue weighted by Crippen LogP contribution is -2.48. The van der Waals surface area contributed by atoms with E-state index < -0.39 is 10.0 Å². The van der Waals surface area contributed by atoms with Gasteiger partial charge in [0, 0.05) is 24.8 Å². The lowest BCUT2D eigenvalue weighted by Gasteiger charge is -2.34. The van der Waals surface area contributed by atoms with E-state index in [1.165, 1.54) is 23.5 Å². The average molecular weight is 300 g/mol. The van der Waals surface area contributed by atoms with E-state index in [0.717, 1.165) is 0 Å². The summed E-state index contributed by atoms with van der Waals surface area (Å²) in [5.41, 5.74) is 6.12. The number of nitrogen functional groups attached to an aromatic ring is 1. The van der Waals surface area contributed by atoms with Crippen molar-refractivity contribution < 1.29 is 17.9 Å². The van der Waals surface area contributed by atoms with E-state index in [9.17, 15) is 8.42 Å². The summed E-state index contributed by atoms with van der Waals surface area (Å²) in [5.74, 6) is 0.261. The van der Waals surface area contributed by atoms with Crippen molar-refractivity contribution in [2.75, 3.05) is 25.9 Å². The van der Waals surface area contributed by atoms with E-state index in [-0.39, 0.29) is 22.9 Å². The third-order valence-corrected chi connectivity index (χ3v) is 5.06. The highest BCUT2D eigenvalue weighted by atomic mass is 32.2. The van der Waals surface area contributed by atoms with E-state index in [1.807, 2.05) is 13.8 Å². The van der Waals surface area contributed by atoms with Crippen LogP contribution in [-0.2, 0) is 14.8 Å². The third kappa shape index (κ3) is 2.89. The molecular weight excluding hydrogens is 280 g/mol. The van der Waals surface area contributed by atoms with E-state index in [4.69, 9.17) is 15.2 Å². The molecule has 1 heterocycles. The number of hydrogen-bond acceptors (Lipinski definition) is 5.